The normalized spacial score (nSPS) is 11.1. The summed E-state index contributed by atoms with van der Waals surface area (Å²) in [7, 11) is 0. The molecule has 0 amide bonds. The van der Waals surface area contributed by atoms with E-state index in [2.05, 4.69) is 82.9 Å². The lowest BCUT2D eigenvalue weighted by molar-refractivity contribution is 0.920. The highest BCUT2D eigenvalue weighted by molar-refractivity contribution is 5.78. The second kappa shape index (κ2) is 6.20. The predicted octanol–water partition coefficient (Wildman–Crippen LogP) is 5.07. The molecule has 0 bridgehead atoms. The number of H-pyrrole nitrogens is 1. The van der Waals surface area contributed by atoms with Crippen LogP contribution in [0.2, 0.25) is 0 Å². The first-order valence-electron chi connectivity index (χ1n) is 8.12. The Labute approximate surface area is 141 Å². The first-order chi connectivity index (χ1) is 11.8. The Morgan fingerprint density at radius 3 is 2.08 bits per heavy atom. The van der Waals surface area contributed by atoms with E-state index in [0.29, 0.717) is 0 Å². The van der Waals surface area contributed by atoms with Crippen LogP contribution in [-0.4, -0.2) is 9.97 Å². The zero-order chi connectivity index (χ0) is 16.4. The van der Waals surface area contributed by atoms with Gasteiger partial charge in [-0.2, -0.15) is 0 Å². The third-order valence-corrected chi connectivity index (χ3v) is 4.18. The molecule has 4 aromatic rings. The summed E-state index contributed by atoms with van der Waals surface area (Å²) in [4.78, 5) is 8.06. The molecule has 3 aromatic carbocycles. The van der Waals surface area contributed by atoms with Gasteiger partial charge in [0.1, 0.15) is 0 Å². The minimum Gasteiger partial charge on any atom is -0.345 e. The molecule has 3 heteroatoms. The molecular weight excluding hydrogens is 294 g/mol. The van der Waals surface area contributed by atoms with E-state index in [-0.39, 0.29) is 6.04 Å². The number of benzene rings is 3. The van der Waals surface area contributed by atoms with Gasteiger partial charge in [0.25, 0.3) is 0 Å². The van der Waals surface area contributed by atoms with Gasteiger partial charge in [-0.25, -0.2) is 4.98 Å². The molecule has 0 spiro atoms. The Morgan fingerprint density at radius 2 is 1.46 bits per heavy atom. The third kappa shape index (κ3) is 2.88. The van der Waals surface area contributed by atoms with Gasteiger partial charge < -0.3 is 10.3 Å². The molecule has 0 unspecified atom stereocenters. The SMILES string of the molecule is Cc1ccc2nc(NC(c3ccccc3)c3ccccc3)[nH]c2c1. The Morgan fingerprint density at radius 1 is 0.833 bits per heavy atom. The quantitative estimate of drug-likeness (QED) is 0.552. The van der Waals surface area contributed by atoms with Crippen LogP contribution in [0.1, 0.15) is 22.7 Å². The first-order valence-corrected chi connectivity index (χ1v) is 8.12. The number of aryl methyl sites for hydroxylation is 1. The molecule has 118 valence electrons. The molecule has 0 aliphatic rings. The number of aromatic amines is 1. The molecule has 1 heterocycles. The number of rotatable bonds is 4. The van der Waals surface area contributed by atoms with Gasteiger partial charge in [0.05, 0.1) is 17.1 Å². The van der Waals surface area contributed by atoms with Gasteiger partial charge >= 0.3 is 0 Å². The topological polar surface area (TPSA) is 40.7 Å². The summed E-state index contributed by atoms with van der Waals surface area (Å²) >= 11 is 0. The lowest BCUT2D eigenvalue weighted by Gasteiger charge is -2.19. The maximum absolute atomic E-state index is 4.68. The summed E-state index contributed by atoms with van der Waals surface area (Å²) in [5, 5.41) is 3.55. The minimum absolute atomic E-state index is 0.0501. The summed E-state index contributed by atoms with van der Waals surface area (Å²) in [6, 6.07) is 27.2. The van der Waals surface area contributed by atoms with Crippen molar-refractivity contribution < 1.29 is 0 Å². The van der Waals surface area contributed by atoms with E-state index in [1.54, 1.807) is 0 Å². The van der Waals surface area contributed by atoms with E-state index in [0.717, 1.165) is 17.0 Å². The van der Waals surface area contributed by atoms with Crippen molar-refractivity contribution in [3.63, 3.8) is 0 Å². The van der Waals surface area contributed by atoms with E-state index < -0.39 is 0 Å². The molecule has 2 N–H and O–H groups in total. The summed E-state index contributed by atoms with van der Waals surface area (Å²) in [6.45, 7) is 2.09. The van der Waals surface area contributed by atoms with Crippen LogP contribution in [0.3, 0.4) is 0 Å². The average molecular weight is 313 g/mol. The monoisotopic (exact) mass is 313 g/mol. The zero-order valence-electron chi connectivity index (χ0n) is 13.5. The van der Waals surface area contributed by atoms with Crippen molar-refractivity contribution in [2.24, 2.45) is 0 Å². The number of nitrogens with one attached hydrogen (secondary N) is 2. The second-order valence-corrected chi connectivity index (χ2v) is 6.00. The highest BCUT2D eigenvalue weighted by atomic mass is 15.1. The van der Waals surface area contributed by atoms with Gasteiger partial charge in [0.15, 0.2) is 0 Å². The standard InChI is InChI=1S/C21H19N3/c1-15-12-13-18-19(14-15)23-21(22-18)24-20(16-8-4-2-5-9-16)17-10-6-3-7-11-17/h2-14,20H,1H3,(H2,22,23,24). The number of aromatic nitrogens is 2. The van der Waals surface area contributed by atoms with Crippen LogP contribution in [0.25, 0.3) is 11.0 Å². The number of anilines is 1. The van der Waals surface area contributed by atoms with E-state index in [1.807, 2.05) is 18.2 Å². The van der Waals surface area contributed by atoms with Crippen molar-refractivity contribution in [3.8, 4) is 0 Å². The molecule has 1 aromatic heterocycles. The zero-order valence-corrected chi connectivity index (χ0v) is 13.5. The molecule has 3 nitrogen and oxygen atoms in total. The fraction of sp³-hybridized carbons (Fsp3) is 0.0952. The van der Waals surface area contributed by atoms with E-state index in [4.69, 9.17) is 0 Å². The van der Waals surface area contributed by atoms with Gasteiger partial charge in [-0.1, -0.05) is 66.7 Å². The van der Waals surface area contributed by atoms with Crippen LogP contribution in [0.4, 0.5) is 5.95 Å². The van der Waals surface area contributed by atoms with Crippen LogP contribution < -0.4 is 5.32 Å². The molecule has 0 saturated carbocycles. The van der Waals surface area contributed by atoms with Crippen molar-refractivity contribution >= 4 is 17.0 Å². The Hall–Kier alpha value is -3.07. The van der Waals surface area contributed by atoms with Crippen LogP contribution in [-0.2, 0) is 0 Å². The van der Waals surface area contributed by atoms with Crippen molar-refractivity contribution in [2.75, 3.05) is 5.32 Å². The number of nitrogens with zero attached hydrogens (tertiary/aromatic N) is 1. The van der Waals surface area contributed by atoms with Crippen LogP contribution in [0.5, 0.6) is 0 Å². The van der Waals surface area contributed by atoms with Gasteiger partial charge in [-0.05, 0) is 35.7 Å². The molecular formula is C21H19N3. The van der Waals surface area contributed by atoms with E-state index in [1.165, 1.54) is 16.7 Å². The molecule has 0 saturated heterocycles. The Bertz CT molecular complexity index is 903. The molecule has 0 fully saturated rings. The fourth-order valence-electron chi connectivity index (χ4n) is 2.98. The van der Waals surface area contributed by atoms with Gasteiger partial charge in [0, 0.05) is 0 Å². The van der Waals surface area contributed by atoms with Crippen LogP contribution >= 0.6 is 0 Å². The average Bonchev–Trinajstić information content (AvgIpc) is 3.03. The summed E-state index contributed by atoms with van der Waals surface area (Å²) in [5.74, 6) is 0.785. The number of hydrogen-bond acceptors (Lipinski definition) is 2. The smallest absolute Gasteiger partial charge is 0.201 e. The predicted molar refractivity (Wildman–Crippen MR) is 99.2 cm³/mol. The van der Waals surface area contributed by atoms with Crippen LogP contribution in [0.15, 0.2) is 78.9 Å². The summed E-state index contributed by atoms with van der Waals surface area (Å²) in [6.07, 6.45) is 0. The van der Waals surface area contributed by atoms with Crippen molar-refractivity contribution in [1.82, 2.24) is 9.97 Å². The minimum atomic E-state index is 0.0501. The molecule has 24 heavy (non-hydrogen) atoms. The number of fused-ring (bicyclic) bond motifs is 1. The van der Waals surface area contributed by atoms with Crippen molar-refractivity contribution in [1.29, 1.82) is 0 Å². The Kier molecular flexibility index (Phi) is 3.75. The van der Waals surface area contributed by atoms with Crippen molar-refractivity contribution in [2.45, 2.75) is 13.0 Å². The van der Waals surface area contributed by atoms with Gasteiger partial charge in [0.2, 0.25) is 5.95 Å². The Balaban J connectivity index is 1.73. The highest BCUT2D eigenvalue weighted by Crippen LogP contribution is 2.26. The van der Waals surface area contributed by atoms with Crippen molar-refractivity contribution in [3.05, 3.63) is 95.6 Å². The largest absolute Gasteiger partial charge is 0.345 e. The maximum atomic E-state index is 4.68. The van der Waals surface area contributed by atoms with E-state index >= 15 is 0 Å². The number of imidazole rings is 1. The van der Waals surface area contributed by atoms with Crippen LogP contribution in [0, 0.1) is 6.92 Å². The molecule has 0 radical (unpaired) electrons. The summed E-state index contributed by atoms with van der Waals surface area (Å²) < 4.78 is 0. The lowest BCUT2D eigenvalue weighted by Crippen LogP contribution is -2.13. The van der Waals surface area contributed by atoms with Gasteiger partial charge in [-0.3, -0.25) is 0 Å². The highest BCUT2D eigenvalue weighted by Gasteiger charge is 2.15. The van der Waals surface area contributed by atoms with E-state index in [9.17, 15) is 0 Å². The first kappa shape index (κ1) is 14.5. The fourth-order valence-corrected chi connectivity index (χ4v) is 2.98. The molecule has 0 atom stereocenters. The summed E-state index contributed by atoms with van der Waals surface area (Å²) in [5.41, 5.74) is 5.67. The third-order valence-electron chi connectivity index (χ3n) is 4.18. The lowest BCUT2D eigenvalue weighted by atomic mass is 9.99. The second-order valence-electron chi connectivity index (χ2n) is 6.00. The maximum Gasteiger partial charge on any atom is 0.201 e. The molecule has 4 rings (SSSR count). The van der Waals surface area contributed by atoms with Gasteiger partial charge in [-0.15, -0.1) is 0 Å². The molecule has 0 aliphatic carbocycles. The number of hydrogen-bond donors (Lipinski definition) is 2. The molecule has 0 aliphatic heterocycles.